The normalized spacial score (nSPS) is 10.3. The van der Waals surface area contributed by atoms with E-state index in [4.69, 9.17) is 9.84 Å². The maximum absolute atomic E-state index is 11.2. The lowest BCUT2D eigenvalue weighted by Crippen LogP contribution is -2.21. The van der Waals surface area contributed by atoms with Gasteiger partial charge in [0.2, 0.25) is 0 Å². The Hall–Kier alpha value is -2.25. The zero-order valence-electron chi connectivity index (χ0n) is 11.6. The number of nitrogens with zero attached hydrogens (tertiary/aromatic N) is 1. The van der Waals surface area contributed by atoms with Gasteiger partial charge in [-0.15, -0.1) is 6.58 Å². The molecule has 0 aliphatic carbocycles. The molecular weight excluding hydrogens is 276 g/mol. The highest BCUT2D eigenvalue weighted by Gasteiger charge is 2.22. The smallest absolute Gasteiger partial charge is 0.343 e. The molecule has 0 bridgehead atoms. The summed E-state index contributed by atoms with van der Waals surface area (Å²) < 4.78 is 5.29. The molecule has 0 atom stereocenters. The number of hydrogen-bond donors (Lipinski definition) is 2. The van der Waals surface area contributed by atoms with Crippen molar-refractivity contribution in [2.24, 2.45) is 0 Å². The topological polar surface area (TPSA) is 102 Å². The van der Waals surface area contributed by atoms with Gasteiger partial charge in [0, 0.05) is 19.2 Å². The molecule has 1 rings (SSSR count). The summed E-state index contributed by atoms with van der Waals surface area (Å²) in [4.78, 5) is 21.3. The average molecular weight is 294 g/mol. The Balaban J connectivity index is 2.59. The fraction of sp³-hybridized carbons (Fsp3) is 0.357. The third kappa shape index (κ3) is 5.33. The second-order valence-electron chi connectivity index (χ2n) is 4.24. The van der Waals surface area contributed by atoms with Crippen molar-refractivity contribution in [2.45, 2.75) is 13.0 Å². The summed E-state index contributed by atoms with van der Waals surface area (Å²) in [5.74, 6) is -1.30. The van der Waals surface area contributed by atoms with E-state index in [0.29, 0.717) is 25.3 Å². The quantitative estimate of drug-likeness (QED) is 0.296. The summed E-state index contributed by atoms with van der Waals surface area (Å²) in [6, 6.07) is 4.22. The van der Waals surface area contributed by atoms with Gasteiger partial charge in [-0.25, -0.2) is 4.79 Å². The van der Waals surface area contributed by atoms with Gasteiger partial charge in [0.1, 0.15) is 5.56 Å². The van der Waals surface area contributed by atoms with Crippen LogP contribution in [0.5, 0.6) is 0 Å². The first-order valence-corrected chi connectivity index (χ1v) is 6.47. The largest absolute Gasteiger partial charge is 0.477 e. The Bertz CT molecular complexity index is 516. The highest BCUT2D eigenvalue weighted by Crippen LogP contribution is 2.22. The molecule has 2 N–H and O–H groups in total. The van der Waals surface area contributed by atoms with Gasteiger partial charge in [0.25, 0.3) is 5.69 Å². The number of nitrogens with one attached hydrogen (secondary N) is 1. The minimum absolute atomic E-state index is 0.230. The number of nitro benzene ring substituents is 1. The lowest BCUT2D eigenvalue weighted by molar-refractivity contribution is -0.385. The van der Waals surface area contributed by atoms with E-state index in [1.54, 1.807) is 12.1 Å². The third-order valence-corrected chi connectivity index (χ3v) is 2.74. The van der Waals surface area contributed by atoms with Crippen molar-refractivity contribution in [1.82, 2.24) is 5.32 Å². The summed E-state index contributed by atoms with van der Waals surface area (Å²) in [5, 5.41) is 23.0. The van der Waals surface area contributed by atoms with Crippen LogP contribution < -0.4 is 5.32 Å². The maximum Gasteiger partial charge on any atom is 0.343 e. The molecule has 21 heavy (non-hydrogen) atoms. The van der Waals surface area contributed by atoms with Crippen molar-refractivity contribution in [2.75, 3.05) is 19.8 Å². The van der Waals surface area contributed by atoms with Crippen molar-refractivity contribution in [3.05, 3.63) is 52.1 Å². The second kappa shape index (κ2) is 8.83. The van der Waals surface area contributed by atoms with Gasteiger partial charge in [0.05, 0.1) is 18.1 Å². The second-order valence-corrected chi connectivity index (χ2v) is 4.24. The predicted molar refractivity (Wildman–Crippen MR) is 77.4 cm³/mol. The van der Waals surface area contributed by atoms with Crippen molar-refractivity contribution in [3.63, 3.8) is 0 Å². The monoisotopic (exact) mass is 294 g/mol. The van der Waals surface area contributed by atoms with Gasteiger partial charge in [0.15, 0.2) is 0 Å². The Morgan fingerprint density at radius 1 is 1.48 bits per heavy atom. The first-order chi connectivity index (χ1) is 10.1. The highest BCUT2D eigenvalue weighted by molar-refractivity contribution is 5.94. The number of carboxylic acid groups (broad SMARTS) is 1. The Morgan fingerprint density at radius 2 is 2.24 bits per heavy atom. The minimum Gasteiger partial charge on any atom is -0.477 e. The molecule has 0 heterocycles. The Morgan fingerprint density at radius 3 is 2.86 bits per heavy atom. The molecule has 1 aromatic rings. The zero-order valence-corrected chi connectivity index (χ0v) is 11.6. The zero-order chi connectivity index (χ0) is 15.7. The van der Waals surface area contributed by atoms with E-state index in [1.165, 1.54) is 12.1 Å². The molecule has 0 amide bonds. The van der Waals surface area contributed by atoms with Crippen molar-refractivity contribution < 1.29 is 19.6 Å². The molecule has 0 aliphatic heterocycles. The average Bonchev–Trinajstić information content (AvgIpc) is 2.45. The molecule has 7 nitrogen and oxygen atoms in total. The first-order valence-electron chi connectivity index (χ1n) is 6.47. The summed E-state index contributed by atoms with van der Waals surface area (Å²) in [7, 11) is 0. The van der Waals surface area contributed by atoms with Gasteiger partial charge in [-0.05, 0) is 12.0 Å². The van der Waals surface area contributed by atoms with Crippen LogP contribution in [0, 0.1) is 10.1 Å². The van der Waals surface area contributed by atoms with Crippen LogP contribution in [0.3, 0.4) is 0 Å². The number of hydrogen-bond acceptors (Lipinski definition) is 5. The molecule has 0 aromatic heterocycles. The molecule has 0 fully saturated rings. The number of aromatic carboxylic acids is 1. The van der Waals surface area contributed by atoms with Crippen LogP contribution in [0.25, 0.3) is 0 Å². The van der Waals surface area contributed by atoms with E-state index in [9.17, 15) is 14.9 Å². The van der Waals surface area contributed by atoms with Crippen LogP contribution in [0.15, 0.2) is 30.9 Å². The fourth-order valence-corrected chi connectivity index (χ4v) is 1.77. The number of benzene rings is 1. The lowest BCUT2D eigenvalue weighted by atomic mass is 10.1. The first kappa shape index (κ1) is 16.8. The molecular formula is C14H18N2O5. The van der Waals surface area contributed by atoms with E-state index in [0.717, 1.165) is 6.42 Å². The van der Waals surface area contributed by atoms with Gasteiger partial charge >= 0.3 is 5.97 Å². The number of carbonyl (C=O) groups is 1. The van der Waals surface area contributed by atoms with E-state index < -0.39 is 16.6 Å². The van der Waals surface area contributed by atoms with Crippen molar-refractivity contribution in [1.29, 1.82) is 0 Å². The summed E-state index contributed by atoms with van der Waals surface area (Å²) in [6.07, 6.45) is 2.53. The lowest BCUT2D eigenvalue weighted by Gasteiger charge is -2.08. The molecule has 0 spiro atoms. The predicted octanol–water partition coefficient (Wildman–Crippen LogP) is 1.98. The van der Waals surface area contributed by atoms with Gasteiger partial charge in [-0.2, -0.15) is 0 Å². The molecule has 0 saturated heterocycles. The van der Waals surface area contributed by atoms with E-state index in [-0.39, 0.29) is 12.1 Å². The summed E-state index contributed by atoms with van der Waals surface area (Å²) in [5.41, 5.74) is -0.297. The summed E-state index contributed by atoms with van der Waals surface area (Å²) >= 11 is 0. The van der Waals surface area contributed by atoms with Crippen LogP contribution in [0.2, 0.25) is 0 Å². The van der Waals surface area contributed by atoms with E-state index in [1.807, 2.05) is 0 Å². The van der Waals surface area contributed by atoms with Crippen LogP contribution in [0.1, 0.15) is 22.3 Å². The summed E-state index contributed by atoms with van der Waals surface area (Å²) in [6.45, 7) is 5.40. The number of rotatable bonds is 10. The van der Waals surface area contributed by atoms with Gasteiger partial charge in [-0.1, -0.05) is 18.2 Å². The number of ether oxygens (including phenoxy) is 1. The van der Waals surface area contributed by atoms with Gasteiger partial charge < -0.3 is 15.2 Å². The number of nitro groups is 1. The van der Waals surface area contributed by atoms with Crippen molar-refractivity contribution >= 4 is 11.7 Å². The standard InChI is InChI=1S/C14H18N2O5/c1-2-3-8-21-9-7-15-10-11-5-4-6-12(16(19)20)13(11)14(17)18/h2,4-6,15H,1,3,7-10H2,(H,17,18). The van der Waals surface area contributed by atoms with Crippen LogP contribution in [0.4, 0.5) is 5.69 Å². The fourth-order valence-electron chi connectivity index (χ4n) is 1.77. The molecule has 114 valence electrons. The molecule has 0 radical (unpaired) electrons. The molecule has 1 aromatic carbocycles. The molecule has 0 saturated carbocycles. The van der Waals surface area contributed by atoms with E-state index >= 15 is 0 Å². The highest BCUT2D eigenvalue weighted by atomic mass is 16.6. The van der Waals surface area contributed by atoms with Crippen LogP contribution >= 0.6 is 0 Å². The van der Waals surface area contributed by atoms with Crippen LogP contribution in [-0.2, 0) is 11.3 Å². The van der Waals surface area contributed by atoms with E-state index in [2.05, 4.69) is 11.9 Å². The molecule has 0 unspecified atom stereocenters. The maximum atomic E-state index is 11.2. The Labute approximate surface area is 122 Å². The Kier molecular flexibility index (Phi) is 7.06. The van der Waals surface area contributed by atoms with Crippen LogP contribution in [-0.4, -0.2) is 35.8 Å². The van der Waals surface area contributed by atoms with Gasteiger partial charge in [-0.3, -0.25) is 10.1 Å². The number of carboxylic acids is 1. The third-order valence-electron chi connectivity index (χ3n) is 2.74. The minimum atomic E-state index is -1.30. The molecule has 0 aliphatic rings. The SMILES string of the molecule is C=CCCOCCNCc1cccc([N+](=O)[O-])c1C(=O)O. The van der Waals surface area contributed by atoms with Crippen molar-refractivity contribution in [3.8, 4) is 0 Å². The molecule has 7 heteroatoms.